The first-order valence-corrected chi connectivity index (χ1v) is 7.93. The molecule has 21 heavy (non-hydrogen) atoms. The van der Waals surface area contributed by atoms with Crippen LogP contribution in [0.15, 0.2) is 23.6 Å². The maximum absolute atomic E-state index is 12.5. The second kappa shape index (κ2) is 6.75. The monoisotopic (exact) mass is 344 g/mol. The molecular weight excluding hydrogens is 331 g/mol. The third kappa shape index (κ3) is 3.74. The lowest BCUT2D eigenvalue weighted by Gasteiger charge is -2.21. The number of carbonyl (C=O) groups is 1. The van der Waals surface area contributed by atoms with Gasteiger partial charge in [0.15, 0.2) is 11.2 Å². The number of likely N-dealkylation sites (N-methyl/N-ethyl adjacent to an activating group) is 1. The minimum Gasteiger partial charge on any atom is -0.378 e. The summed E-state index contributed by atoms with van der Waals surface area (Å²) in [5.41, 5.74) is 1.20. The van der Waals surface area contributed by atoms with E-state index in [9.17, 15) is 9.90 Å². The number of aryl methyl sites for hydroxylation is 1. The summed E-state index contributed by atoms with van der Waals surface area (Å²) in [5, 5.41) is 13.4. The molecule has 7 heteroatoms. The zero-order valence-electron chi connectivity index (χ0n) is 11.5. The Morgan fingerprint density at radius 2 is 2.00 bits per heavy atom. The van der Waals surface area contributed by atoms with E-state index in [2.05, 4.69) is 4.98 Å². The van der Waals surface area contributed by atoms with Gasteiger partial charge in [-0.05, 0) is 37.6 Å². The van der Waals surface area contributed by atoms with Gasteiger partial charge < -0.3 is 5.11 Å². The molecule has 0 radical (unpaired) electrons. The molecule has 0 saturated heterocycles. The quantitative estimate of drug-likeness (QED) is 0.916. The van der Waals surface area contributed by atoms with Gasteiger partial charge in [0.2, 0.25) is 0 Å². The number of aliphatic hydroxyl groups is 1. The molecule has 1 N–H and O–H groups in total. The first kappa shape index (κ1) is 16.2. The summed E-state index contributed by atoms with van der Waals surface area (Å²) in [7, 11) is 0. The minimum absolute atomic E-state index is 0.365. The van der Waals surface area contributed by atoms with Crippen molar-refractivity contribution in [3.8, 4) is 0 Å². The highest BCUT2D eigenvalue weighted by Gasteiger charge is 2.26. The Bertz CT molecular complexity index is 640. The van der Waals surface area contributed by atoms with Crippen molar-refractivity contribution < 1.29 is 9.90 Å². The Hall–Kier alpha value is -1.14. The molecule has 0 fully saturated rings. The van der Waals surface area contributed by atoms with Crippen molar-refractivity contribution in [2.75, 3.05) is 11.4 Å². The minimum atomic E-state index is -1.33. The number of amides is 1. The molecule has 1 heterocycles. The lowest BCUT2D eigenvalue weighted by Crippen LogP contribution is -2.35. The van der Waals surface area contributed by atoms with E-state index in [-0.39, 0.29) is 0 Å². The first-order valence-electron chi connectivity index (χ1n) is 6.30. The van der Waals surface area contributed by atoms with Crippen LogP contribution in [-0.4, -0.2) is 22.5 Å². The van der Waals surface area contributed by atoms with E-state index in [1.165, 1.54) is 28.4 Å². The molecule has 0 saturated carbocycles. The van der Waals surface area contributed by atoms with Crippen LogP contribution in [0.5, 0.6) is 0 Å². The number of aromatic nitrogens is 1. The molecule has 1 aromatic heterocycles. The number of nitrogens with zero attached hydrogens (tertiary/aromatic N) is 2. The van der Waals surface area contributed by atoms with Gasteiger partial charge >= 0.3 is 0 Å². The summed E-state index contributed by atoms with van der Waals surface area (Å²) in [6, 6.07) is 4.60. The van der Waals surface area contributed by atoms with Gasteiger partial charge in [-0.15, -0.1) is 11.3 Å². The number of thiazole rings is 1. The van der Waals surface area contributed by atoms with Crippen molar-refractivity contribution in [3.05, 3.63) is 44.9 Å². The molecule has 0 aliphatic rings. The van der Waals surface area contributed by atoms with E-state index in [1.807, 2.05) is 19.2 Å². The van der Waals surface area contributed by atoms with Gasteiger partial charge in [0, 0.05) is 22.0 Å². The van der Waals surface area contributed by atoms with E-state index >= 15 is 0 Å². The third-order valence-corrected chi connectivity index (χ3v) is 4.27. The Balaban J connectivity index is 2.28. The van der Waals surface area contributed by atoms with Crippen LogP contribution in [0, 0.1) is 6.92 Å². The summed E-state index contributed by atoms with van der Waals surface area (Å²) in [4.78, 5) is 18.2. The van der Waals surface area contributed by atoms with Gasteiger partial charge in [-0.2, -0.15) is 0 Å². The molecule has 0 bridgehead atoms. The fourth-order valence-corrected chi connectivity index (χ4v) is 3.29. The molecule has 2 rings (SSSR count). The summed E-state index contributed by atoms with van der Waals surface area (Å²) in [5.74, 6) is -0.454. The van der Waals surface area contributed by atoms with Gasteiger partial charge in [-0.25, -0.2) is 4.98 Å². The predicted octanol–water partition coefficient (Wildman–Crippen LogP) is 3.84. The Kier molecular flexibility index (Phi) is 5.22. The molecule has 4 nitrogen and oxygen atoms in total. The number of aliphatic hydroxyl groups excluding tert-OH is 1. The van der Waals surface area contributed by atoms with Crippen LogP contribution in [0.25, 0.3) is 0 Å². The number of anilines is 1. The largest absolute Gasteiger partial charge is 0.378 e. The number of carbonyl (C=O) groups excluding carboxylic acids is 1. The molecule has 1 atom stereocenters. The summed E-state index contributed by atoms with van der Waals surface area (Å²) in [6.45, 7) is 4.09. The van der Waals surface area contributed by atoms with Crippen LogP contribution in [0.2, 0.25) is 10.0 Å². The number of hydrogen-bond donors (Lipinski definition) is 1. The smallest absolute Gasteiger partial charge is 0.262 e. The maximum atomic E-state index is 12.5. The molecule has 1 unspecified atom stereocenters. The Morgan fingerprint density at radius 1 is 1.38 bits per heavy atom. The normalized spacial score (nSPS) is 12.2. The molecular formula is C14H14Cl2N2O2S. The van der Waals surface area contributed by atoms with Crippen molar-refractivity contribution in [1.82, 2.24) is 4.98 Å². The van der Waals surface area contributed by atoms with Crippen LogP contribution in [0.1, 0.15) is 24.3 Å². The fourth-order valence-electron chi connectivity index (χ4n) is 1.87. The first-order chi connectivity index (χ1) is 9.92. The van der Waals surface area contributed by atoms with Crippen LogP contribution < -0.4 is 4.90 Å². The molecule has 0 aliphatic carbocycles. The molecule has 1 amide bonds. The van der Waals surface area contributed by atoms with Crippen molar-refractivity contribution >= 4 is 45.6 Å². The SMILES string of the molecule is CCN(C(=O)C(O)c1cc(Cl)cc(Cl)c1)c1nc(C)cs1. The average molecular weight is 345 g/mol. The fraction of sp³-hybridized carbons (Fsp3) is 0.286. The van der Waals surface area contributed by atoms with Crippen LogP contribution in [0.4, 0.5) is 5.13 Å². The predicted molar refractivity (Wildman–Crippen MR) is 86.3 cm³/mol. The summed E-state index contributed by atoms with van der Waals surface area (Å²) < 4.78 is 0. The maximum Gasteiger partial charge on any atom is 0.262 e. The van der Waals surface area contributed by atoms with Gasteiger partial charge in [0.05, 0.1) is 5.69 Å². The molecule has 0 aliphatic heterocycles. The van der Waals surface area contributed by atoms with Crippen molar-refractivity contribution in [2.45, 2.75) is 20.0 Å². The van der Waals surface area contributed by atoms with E-state index in [0.717, 1.165) is 5.69 Å². The lowest BCUT2D eigenvalue weighted by atomic mass is 10.1. The van der Waals surface area contributed by atoms with E-state index < -0.39 is 12.0 Å². The third-order valence-electron chi connectivity index (χ3n) is 2.85. The van der Waals surface area contributed by atoms with E-state index in [1.54, 1.807) is 6.07 Å². The van der Waals surface area contributed by atoms with Crippen molar-refractivity contribution in [3.63, 3.8) is 0 Å². The van der Waals surface area contributed by atoms with Gasteiger partial charge in [0.25, 0.3) is 5.91 Å². The Morgan fingerprint density at radius 3 is 2.48 bits per heavy atom. The molecule has 0 spiro atoms. The van der Waals surface area contributed by atoms with Crippen LogP contribution in [0.3, 0.4) is 0 Å². The standard InChI is InChI=1S/C14H14Cl2N2O2S/c1-3-18(14-17-8(2)7-21-14)13(20)12(19)9-4-10(15)6-11(16)5-9/h4-7,12,19H,3H2,1-2H3. The molecule has 2 aromatic rings. The highest BCUT2D eigenvalue weighted by Crippen LogP contribution is 2.27. The molecule has 112 valence electrons. The average Bonchev–Trinajstić information content (AvgIpc) is 2.84. The number of hydrogen-bond acceptors (Lipinski definition) is 4. The van der Waals surface area contributed by atoms with Crippen LogP contribution >= 0.6 is 34.5 Å². The van der Waals surface area contributed by atoms with Crippen molar-refractivity contribution in [2.24, 2.45) is 0 Å². The van der Waals surface area contributed by atoms with Crippen LogP contribution in [-0.2, 0) is 4.79 Å². The number of halogens is 2. The topological polar surface area (TPSA) is 53.4 Å². The summed E-state index contributed by atoms with van der Waals surface area (Å²) in [6.07, 6.45) is -1.33. The Labute approximate surface area is 136 Å². The zero-order chi connectivity index (χ0) is 15.6. The summed E-state index contributed by atoms with van der Waals surface area (Å²) >= 11 is 13.2. The number of benzene rings is 1. The highest BCUT2D eigenvalue weighted by molar-refractivity contribution is 7.14. The van der Waals surface area contributed by atoms with Gasteiger partial charge in [0.1, 0.15) is 0 Å². The van der Waals surface area contributed by atoms with E-state index in [4.69, 9.17) is 23.2 Å². The highest BCUT2D eigenvalue weighted by atomic mass is 35.5. The van der Waals surface area contributed by atoms with Gasteiger partial charge in [-0.3, -0.25) is 9.69 Å². The second-order valence-electron chi connectivity index (χ2n) is 4.46. The molecule has 1 aromatic carbocycles. The lowest BCUT2D eigenvalue weighted by molar-refractivity contribution is -0.126. The second-order valence-corrected chi connectivity index (χ2v) is 6.17. The van der Waals surface area contributed by atoms with E-state index in [0.29, 0.717) is 27.3 Å². The zero-order valence-corrected chi connectivity index (χ0v) is 13.8. The van der Waals surface area contributed by atoms with Gasteiger partial charge in [-0.1, -0.05) is 23.2 Å². The number of rotatable bonds is 4. The van der Waals surface area contributed by atoms with Crippen molar-refractivity contribution in [1.29, 1.82) is 0 Å².